The van der Waals surface area contributed by atoms with Gasteiger partial charge in [0.15, 0.2) is 0 Å². The molecule has 0 saturated carbocycles. The highest BCUT2D eigenvalue weighted by molar-refractivity contribution is 5.84. The van der Waals surface area contributed by atoms with Gasteiger partial charge in [-0.3, -0.25) is 0 Å². The topological polar surface area (TPSA) is 68.6 Å². The van der Waals surface area contributed by atoms with Crippen LogP contribution < -0.4 is 14.9 Å². The fourth-order valence-corrected chi connectivity index (χ4v) is 2.46. The van der Waals surface area contributed by atoms with Crippen LogP contribution in [0.15, 0.2) is 59.7 Å². The molecule has 0 aliphatic rings. The van der Waals surface area contributed by atoms with Gasteiger partial charge in [0.2, 0.25) is 5.95 Å². The molecule has 0 aliphatic heterocycles. The first-order chi connectivity index (χ1) is 12.7. The molecule has 0 radical (unpaired) electrons. The molecule has 3 aromatic rings. The summed E-state index contributed by atoms with van der Waals surface area (Å²) in [5.74, 6) is 1.83. The number of nitrogens with one attached hydrogen (secondary N) is 1. The fourth-order valence-electron chi connectivity index (χ4n) is 2.46. The van der Waals surface area contributed by atoms with Crippen molar-refractivity contribution in [2.75, 3.05) is 19.6 Å². The lowest BCUT2D eigenvalue weighted by Crippen LogP contribution is -2.00. The van der Waals surface area contributed by atoms with E-state index in [1.54, 1.807) is 26.5 Å². The lowest BCUT2D eigenvalue weighted by atomic mass is 10.1. The monoisotopic (exact) mass is 348 g/mol. The van der Waals surface area contributed by atoms with E-state index in [1.807, 2.05) is 55.5 Å². The van der Waals surface area contributed by atoms with E-state index < -0.39 is 0 Å². The van der Waals surface area contributed by atoms with Gasteiger partial charge in [0.05, 0.1) is 26.1 Å². The Morgan fingerprint density at radius 3 is 2.50 bits per heavy atom. The lowest BCUT2D eigenvalue weighted by Gasteiger charge is -2.07. The number of aryl methyl sites for hydroxylation is 1. The Hall–Kier alpha value is -3.41. The Balaban J connectivity index is 1.80. The normalized spacial score (nSPS) is 10.7. The first-order valence-corrected chi connectivity index (χ1v) is 8.12. The van der Waals surface area contributed by atoms with Gasteiger partial charge < -0.3 is 9.47 Å². The summed E-state index contributed by atoms with van der Waals surface area (Å²) in [5.41, 5.74) is 6.44. The van der Waals surface area contributed by atoms with Gasteiger partial charge in [-0.1, -0.05) is 30.3 Å². The largest absolute Gasteiger partial charge is 0.497 e. The number of nitrogens with zero attached hydrogens (tertiary/aromatic N) is 3. The second-order valence-corrected chi connectivity index (χ2v) is 5.56. The van der Waals surface area contributed by atoms with E-state index >= 15 is 0 Å². The van der Waals surface area contributed by atoms with E-state index in [-0.39, 0.29) is 0 Å². The van der Waals surface area contributed by atoms with E-state index in [0.717, 1.165) is 28.3 Å². The van der Waals surface area contributed by atoms with Crippen LogP contribution in [-0.4, -0.2) is 30.4 Å². The molecule has 1 heterocycles. The summed E-state index contributed by atoms with van der Waals surface area (Å²) in [7, 11) is 3.22. The van der Waals surface area contributed by atoms with Crippen LogP contribution in [-0.2, 0) is 0 Å². The summed E-state index contributed by atoms with van der Waals surface area (Å²) in [6, 6.07) is 17.4. The highest BCUT2D eigenvalue weighted by Crippen LogP contribution is 2.23. The predicted molar refractivity (Wildman–Crippen MR) is 103 cm³/mol. The van der Waals surface area contributed by atoms with Crippen molar-refractivity contribution in [1.82, 2.24) is 9.97 Å². The second kappa shape index (κ2) is 8.11. The van der Waals surface area contributed by atoms with Crippen LogP contribution in [0.4, 0.5) is 5.95 Å². The zero-order valence-electron chi connectivity index (χ0n) is 14.9. The first kappa shape index (κ1) is 17.4. The number of rotatable bonds is 6. The third-order valence-corrected chi connectivity index (χ3v) is 3.73. The van der Waals surface area contributed by atoms with Crippen molar-refractivity contribution in [1.29, 1.82) is 0 Å². The summed E-state index contributed by atoms with van der Waals surface area (Å²) in [4.78, 5) is 8.89. The van der Waals surface area contributed by atoms with E-state index in [4.69, 9.17) is 9.47 Å². The Morgan fingerprint density at radius 1 is 0.962 bits per heavy atom. The second-order valence-electron chi connectivity index (χ2n) is 5.56. The van der Waals surface area contributed by atoms with Gasteiger partial charge in [-0.05, 0) is 25.1 Å². The minimum atomic E-state index is 0.438. The van der Waals surface area contributed by atoms with Crippen molar-refractivity contribution in [3.63, 3.8) is 0 Å². The van der Waals surface area contributed by atoms with Crippen LogP contribution in [0.2, 0.25) is 0 Å². The molecule has 0 spiro atoms. The molecule has 0 unspecified atom stereocenters. The number of hydrazone groups is 1. The quantitative estimate of drug-likeness (QED) is 0.540. The number of aromatic nitrogens is 2. The van der Waals surface area contributed by atoms with Crippen LogP contribution in [0.1, 0.15) is 11.3 Å². The minimum Gasteiger partial charge on any atom is -0.497 e. The molecular weight excluding hydrogens is 328 g/mol. The Labute approximate surface area is 152 Å². The fraction of sp³-hybridized carbons (Fsp3) is 0.150. The average molecular weight is 348 g/mol. The molecule has 2 aromatic carbocycles. The molecule has 0 bridgehead atoms. The zero-order valence-corrected chi connectivity index (χ0v) is 14.9. The average Bonchev–Trinajstić information content (AvgIpc) is 2.68. The zero-order chi connectivity index (χ0) is 18.4. The minimum absolute atomic E-state index is 0.438. The smallest absolute Gasteiger partial charge is 0.244 e. The molecule has 0 aliphatic carbocycles. The number of ether oxygens (including phenoxy) is 2. The van der Waals surface area contributed by atoms with Crippen LogP contribution in [0.25, 0.3) is 11.3 Å². The maximum atomic E-state index is 5.36. The van der Waals surface area contributed by atoms with E-state index in [9.17, 15) is 0 Å². The maximum absolute atomic E-state index is 5.36. The van der Waals surface area contributed by atoms with Crippen molar-refractivity contribution in [2.24, 2.45) is 5.10 Å². The molecule has 1 aromatic heterocycles. The van der Waals surface area contributed by atoms with Gasteiger partial charge in [-0.25, -0.2) is 15.4 Å². The lowest BCUT2D eigenvalue weighted by molar-refractivity contribution is 0.394. The van der Waals surface area contributed by atoms with Gasteiger partial charge in [0.1, 0.15) is 11.5 Å². The van der Waals surface area contributed by atoms with E-state index in [1.165, 1.54) is 0 Å². The van der Waals surface area contributed by atoms with Gasteiger partial charge in [-0.15, -0.1) is 0 Å². The molecule has 0 amide bonds. The van der Waals surface area contributed by atoms with Gasteiger partial charge >= 0.3 is 0 Å². The highest BCUT2D eigenvalue weighted by Gasteiger charge is 2.05. The summed E-state index contributed by atoms with van der Waals surface area (Å²) in [6.45, 7) is 1.93. The van der Waals surface area contributed by atoms with E-state index in [0.29, 0.717) is 11.7 Å². The van der Waals surface area contributed by atoms with Gasteiger partial charge in [0, 0.05) is 22.9 Å². The number of hydrogen-bond donors (Lipinski definition) is 1. The molecule has 6 nitrogen and oxygen atoms in total. The summed E-state index contributed by atoms with van der Waals surface area (Å²) in [6.07, 6.45) is 1.66. The van der Waals surface area contributed by atoms with Crippen LogP contribution >= 0.6 is 0 Å². The third kappa shape index (κ3) is 4.16. The Morgan fingerprint density at radius 2 is 1.77 bits per heavy atom. The summed E-state index contributed by atoms with van der Waals surface area (Å²) < 4.78 is 10.6. The molecule has 1 N–H and O–H groups in total. The van der Waals surface area contributed by atoms with Crippen LogP contribution in [0, 0.1) is 6.92 Å². The van der Waals surface area contributed by atoms with Crippen molar-refractivity contribution < 1.29 is 9.47 Å². The summed E-state index contributed by atoms with van der Waals surface area (Å²) >= 11 is 0. The van der Waals surface area contributed by atoms with Crippen molar-refractivity contribution >= 4 is 12.2 Å². The first-order valence-electron chi connectivity index (χ1n) is 8.12. The molecule has 132 valence electrons. The molecule has 3 rings (SSSR count). The van der Waals surface area contributed by atoms with Gasteiger partial charge in [0.25, 0.3) is 0 Å². The molecule has 0 fully saturated rings. The molecule has 6 heteroatoms. The number of hydrogen-bond acceptors (Lipinski definition) is 6. The third-order valence-electron chi connectivity index (χ3n) is 3.73. The number of methoxy groups -OCH3 is 2. The molecule has 26 heavy (non-hydrogen) atoms. The maximum Gasteiger partial charge on any atom is 0.244 e. The molecular formula is C20H20N4O2. The van der Waals surface area contributed by atoms with Crippen LogP contribution in [0.3, 0.4) is 0 Å². The van der Waals surface area contributed by atoms with Crippen molar-refractivity contribution in [3.05, 3.63) is 65.9 Å². The molecule has 0 atom stereocenters. The Bertz CT molecular complexity index is 911. The van der Waals surface area contributed by atoms with Crippen molar-refractivity contribution in [2.45, 2.75) is 6.92 Å². The van der Waals surface area contributed by atoms with E-state index in [2.05, 4.69) is 20.5 Å². The predicted octanol–water partition coefficient (Wildman–Crippen LogP) is 3.92. The number of benzene rings is 2. The molecule has 0 saturated heterocycles. The van der Waals surface area contributed by atoms with Crippen LogP contribution in [0.5, 0.6) is 11.5 Å². The SMILES string of the molecule is COc1ccc(C=NNc2nc(C)cc(-c3ccccc3)n2)c(OC)c1. The van der Waals surface area contributed by atoms with Crippen molar-refractivity contribution in [3.8, 4) is 22.8 Å². The highest BCUT2D eigenvalue weighted by atomic mass is 16.5. The number of anilines is 1. The Kier molecular flexibility index (Phi) is 5.43. The standard InChI is InChI=1S/C20H20N4O2/c1-14-11-18(15-7-5-4-6-8-15)23-20(22-14)24-21-13-16-9-10-17(25-2)12-19(16)26-3/h4-13H,1-3H3,(H,22,23,24). The summed E-state index contributed by atoms with van der Waals surface area (Å²) in [5, 5.41) is 4.23. The van der Waals surface area contributed by atoms with Gasteiger partial charge in [-0.2, -0.15) is 5.10 Å².